The highest BCUT2D eigenvalue weighted by atomic mass is 19.1. The molecule has 1 unspecified atom stereocenters. The molecule has 288 valence electrons. The summed E-state index contributed by atoms with van der Waals surface area (Å²) in [6.07, 6.45) is 7.50. The van der Waals surface area contributed by atoms with E-state index in [2.05, 4.69) is 60.0 Å². The lowest BCUT2D eigenvalue weighted by molar-refractivity contribution is -0.134. The fourth-order valence-electron chi connectivity index (χ4n) is 7.62. The van der Waals surface area contributed by atoms with Gasteiger partial charge in [0, 0.05) is 36.7 Å². The van der Waals surface area contributed by atoms with Crippen LogP contribution >= 0.6 is 0 Å². The van der Waals surface area contributed by atoms with Crippen molar-refractivity contribution in [1.29, 1.82) is 0 Å². The monoisotopic (exact) mass is 748 g/mol. The summed E-state index contributed by atoms with van der Waals surface area (Å²) in [6.45, 7) is 10.3. The van der Waals surface area contributed by atoms with E-state index in [0.29, 0.717) is 44.2 Å². The minimum atomic E-state index is -0.892. The number of alkyl halides is 1. The lowest BCUT2D eigenvalue weighted by atomic mass is 9.86. The molecule has 5 heterocycles. The lowest BCUT2D eigenvalue weighted by Gasteiger charge is -2.33. The Hall–Kier alpha value is -5.30. The third kappa shape index (κ3) is 8.99. The molecule has 0 saturated carbocycles. The Balaban J connectivity index is 0.872. The van der Waals surface area contributed by atoms with Gasteiger partial charge >= 0.3 is 0 Å². The van der Waals surface area contributed by atoms with Gasteiger partial charge in [0.15, 0.2) is 0 Å². The van der Waals surface area contributed by atoms with Crippen LogP contribution in [0.25, 0.3) is 16.8 Å². The molecule has 2 fully saturated rings. The highest BCUT2D eigenvalue weighted by molar-refractivity contribution is 6.00. The molecule has 12 nitrogen and oxygen atoms in total. The Morgan fingerprint density at radius 3 is 2.53 bits per heavy atom. The number of aromatic nitrogens is 5. The van der Waals surface area contributed by atoms with E-state index in [1.54, 1.807) is 6.33 Å². The van der Waals surface area contributed by atoms with Crippen LogP contribution < -0.4 is 10.6 Å². The average molecular weight is 749 g/mol. The van der Waals surface area contributed by atoms with Crippen LogP contribution in [0.15, 0.2) is 65.6 Å². The van der Waals surface area contributed by atoms with Crippen molar-refractivity contribution in [3.63, 3.8) is 0 Å². The molecule has 0 spiro atoms. The maximum absolute atomic E-state index is 15.2. The molecule has 5 aromatic rings. The zero-order valence-corrected chi connectivity index (χ0v) is 32.0. The number of hydrogen-bond donors (Lipinski definition) is 2. The molecule has 2 aromatic carbocycles. The number of rotatable bonds is 12. The van der Waals surface area contributed by atoms with Gasteiger partial charge in [0.05, 0.1) is 17.1 Å². The van der Waals surface area contributed by atoms with E-state index in [4.69, 9.17) is 4.52 Å². The van der Waals surface area contributed by atoms with Gasteiger partial charge in [-0.25, -0.2) is 13.9 Å². The van der Waals surface area contributed by atoms with E-state index in [1.165, 1.54) is 5.56 Å². The van der Waals surface area contributed by atoms with Crippen LogP contribution in [0, 0.1) is 6.92 Å². The largest absolute Gasteiger partial charge is 0.345 e. The zero-order chi connectivity index (χ0) is 38.7. The van der Waals surface area contributed by atoms with Crippen molar-refractivity contribution in [3.8, 4) is 11.3 Å². The summed E-state index contributed by atoms with van der Waals surface area (Å²) in [4.78, 5) is 47.5. The summed E-state index contributed by atoms with van der Waals surface area (Å²) < 4.78 is 22.3. The smallest absolute Gasteiger partial charge is 0.292 e. The Kier molecular flexibility index (Phi) is 11.2. The number of benzene rings is 2. The Morgan fingerprint density at radius 1 is 1.05 bits per heavy atom. The molecule has 13 heteroatoms. The summed E-state index contributed by atoms with van der Waals surface area (Å²) in [7, 11) is 0. The number of piperidine rings is 2. The Bertz CT molecular complexity index is 2160. The summed E-state index contributed by atoms with van der Waals surface area (Å²) in [6, 6.07) is 16.4. The van der Waals surface area contributed by atoms with Crippen molar-refractivity contribution < 1.29 is 23.3 Å². The van der Waals surface area contributed by atoms with Gasteiger partial charge in [0.1, 0.15) is 12.5 Å². The molecule has 2 saturated heterocycles. The number of nitrogens with zero attached hydrogens (tertiary/aromatic N) is 6. The zero-order valence-electron chi connectivity index (χ0n) is 32.0. The van der Waals surface area contributed by atoms with E-state index < -0.39 is 12.1 Å². The number of aryl methyl sites for hydroxylation is 2. The Morgan fingerprint density at radius 2 is 1.82 bits per heavy atom. The minimum absolute atomic E-state index is 0.0135. The third-order valence-corrected chi connectivity index (χ3v) is 10.9. The molecule has 0 aliphatic carbocycles. The van der Waals surface area contributed by atoms with Crippen molar-refractivity contribution in [2.24, 2.45) is 0 Å². The number of carbonyl (C=O) groups excluding carboxylic acids is 3. The topological polar surface area (TPSA) is 148 Å². The van der Waals surface area contributed by atoms with Gasteiger partial charge in [-0.05, 0) is 104 Å². The van der Waals surface area contributed by atoms with Crippen LogP contribution in [0.5, 0.6) is 0 Å². The number of hydrogen-bond acceptors (Lipinski definition) is 9. The molecule has 3 amide bonds. The van der Waals surface area contributed by atoms with Crippen LogP contribution in [0.3, 0.4) is 0 Å². The number of carbonyl (C=O) groups is 3. The fourth-order valence-corrected chi connectivity index (χ4v) is 7.62. The maximum atomic E-state index is 15.2. The lowest BCUT2D eigenvalue weighted by Crippen LogP contribution is -2.39. The van der Waals surface area contributed by atoms with E-state index in [1.807, 2.05) is 62.7 Å². The third-order valence-electron chi connectivity index (χ3n) is 10.9. The number of amides is 3. The van der Waals surface area contributed by atoms with Crippen LogP contribution in [-0.4, -0.2) is 73.2 Å². The second kappa shape index (κ2) is 16.2. The molecule has 0 bridgehead atoms. The van der Waals surface area contributed by atoms with Gasteiger partial charge in [-0.3, -0.25) is 19.7 Å². The van der Waals surface area contributed by atoms with Gasteiger partial charge in [-0.2, -0.15) is 10.1 Å². The first kappa shape index (κ1) is 38.0. The van der Waals surface area contributed by atoms with Gasteiger partial charge in [-0.1, -0.05) is 62.3 Å². The van der Waals surface area contributed by atoms with Gasteiger partial charge in [-0.15, -0.1) is 0 Å². The molecule has 55 heavy (non-hydrogen) atoms. The SMILES string of the molecule is Cc1cc(-c2ncnn3cc(CCC[C@H](F)CN4CCC(c5ccc(C6CCC(=O)NC6=O)cc5)CC4)cc23)ccc1CNC(=O)c1noc(C(C)(C)C)n1. The molecule has 3 aromatic heterocycles. The first-order valence-electron chi connectivity index (χ1n) is 19.3. The average Bonchev–Trinajstić information content (AvgIpc) is 3.83. The van der Waals surface area contributed by atoms with E-state index in [0.717, 1.165) is 77.8 Å². The van der Waals surface area contributed by atoms with Crippen molar-refractivity contribution in [2.45, 2.75) is 103 Å². The predicted octanol–water partition coefficient (Wildman–Crippen LogP) is 6.38. The van der Waals surface area contributed by atoms with Gasteiger partial charge < -0.3 is 14.7 Å². The molecule has 7 rings (SSSR count). The normalized spacial score (nSPS) is 17.7. The fraction of sp³-hybridized carbons (Fsp3) is 0.452. The van der Waals surface area contributed by atoms with Crippen molar-refractivity contribution in [3.05, 3.63) is 101 Å². The van der Waals surface area contributed by atoms with E-state index >= 15 is 4.39 Å². The number of nitrogens with one attached hydrogen (secondary N) is 2. The van der Waals surface area contributed by atoms with E-state index in [9.17, 15) is 14.4 Å². The summed E-state index contributed by atoms with van der Waals surface area (Å²) >= 11 is 0. The van der Waals surface area contributed by atoms with Crippen molar-refractivity contribution in [2.75, 3.05) is 19.6 Å². The molecule has 2 aliphatic rings. The number of halogens is 1. The standard InChI is InChI=1S/C42H49FN8O4/c1-26-20-31(12-13-32(26)22-44-40(54)38-48-41(55-49-38)42(2,3)4)37-35-21-27(23-51(35)46-25-45-37)6-5-7-33(43)24-50-18-16-29(17-19-50)28-8-10-30(11-9-28)34-14-15-36(52)47-39(34)53/h8-13,20-21,23,25,29,33-34H,5-7,14-19,22,24H2,1-4H3,(H,44,54)(H,47,52,53)/t33-,34?/m0/s1. The van der Waals surface area contributed by atoms with Crippen LogP contribution in [0.1, 0.15) is 115 Å². The van der Waals surface area contributed by atoms with Gasteiger partial charge in [0.2, 0.25) is 17.7 Å². The minimum Gasteiger partial charge on any atom is -0.345 e. The number of imide groups is 1. The first-order valence-corrected chi connectivity index (χ1v) is 19.3. The quantitative estimate of drug-likeness (QED) is 0.139. The van der Waals surface area contributed by atoms with Gasteiger partial charge in [0.25, 0.3) is 11.7 Å². The van der Waals surface area contributed by atoms with Crippen molar-refractivity contribution >= 4 is 23.2 Å². The highest BCUT2D eigenvalue weighted by Gasteiger charge is 2.29. The van der Waals surface area contributed by atoms with Crippen LogP contribution in [0.2, 0.25) is 0 Å². The molecule has 2 aliphatic heterocycles. The second-order valence-corrected chi connectivity index (χ2v) is 16.0. The number of fused-ring (bicyclic) bond motifs is 1. The van der Waals surface area contributed by atoms with Crippen LogP contribution in [-0.2, 0) is 28.0 Å². The maximum Gasteiger partial charge on any atom is 0.292 e. The molecular formula is C42H49FN8O4. The van der Waals surface area contributed by atoms with E-state index in [-0.39, 0.29) is 29.0 Å². The summed E-state index contributed by atoms with van der Waals surface area (Å²) in [5.74, 6) is -0.231. The summed E-state index contributed by atoms with van der Waals surface area (Å²) in [5.41, 5.74) is 7.54. The molecular weight excluding hydrogens is 700 g/mol. The summed E-state index contributed by atoms with van der Waals surface area (Å²) in [5, 5.41) is 13.6. The molecule has 2 N–H and O–H groups in total. The predicted molar refractivity (Wildman–Crippen MR) is 205 cm³/mol. The Labute approximate surface area is 320 Å². The second-order valence-electron chi connectivity index (χ2n) is 16.0. The van der Waals surface area contributed by atoms with Crippen molar-refractivity contribution in [1.82, 2.24) is 40.3 Å². The molecule has 0 radical (unpaired) electrons. The molecule has 2 atom stereocenters. The number of likely N-dealkylation sites (tertiary alicyclic amines) is 1. The first-order chi connectivity index (χ1) is 26.4. The highest BCUT2D eigenvalue weighted by Crippen LogP contribution is 2.32. The van der Waals surface area contributed by atoms with Crippen LogP contribution in [0.4, 0.5) is 4.39 Å².